The lowest BCUT2D eigenvalue weighted by atomic mass is 10.0. The fourth-order valence-corrected chi connectivity index (χ4v) is 1.75. The van der Waals surface area contributed by atoms with Gasteiger partial charge in [-0.25, -0.2) is 0 Å². The molecule has 4 heteroatoms. The topological polar surface area (TPSA) is 46.2 Å². The van der Waals surface area contributed by atoms with Crippen LogP contribution in [0.2, 0.25) is 0 Å². The summed E-state index contributed by atoms with van der Waals surface area (Å²) in [5.74, 6) is 0. The molecule has 1 heterocycles. The Morgan fingerprint density at radius 3 is 2.64 bits per heavy atom. The van der Waals surface area contributed by atoms with E-state index in [0.29, 0.717) is 4.86 Å². The van der Waals surface area contributed by atoms with E-state index < -0.39 is 10.3 Å². The van der Waals surface area contributed by atoms with Gasteiger partial charge in [0.2, 0.25) is 10.3 Å². The highest BCUT2D eigenvalue weighted by Crippen LogP contribution is 2.07. The van der Waals surface area contributed by atoms with E-state index in [1.54, 1.807) is 6.92 Å². The van der Waals surface area contributed by atoms with Crippen LogP contribution >= 0.6 is 0 Å². The van der Waals surface area contributed by atoms with E-state index in [1.165, 1.54) is 0 Å². The Kier molecular flexibility index (Phi) is 3.08. The van der Waals surface area contributed by atoms with E-state index in [9.17, 15) is 8.42 Å². The van der Waals surface area contributed by atoms with Crippen molar-refractivity contribution in [2.75, 3.05) is 6.54 Å². The zero-order chi connectivity index (χ0) is 8.27. The number of rotatable bonds is 1. The molecule has 3 nitrogen and oxygen atoms in total. The lowest BCUT2D eigenvalue weighted by Gasteiger charge is -2.21. The van der Waals surface area contributed by atoms with Gasteiger partial charge in [-0.15, -0.1) is 0 Å². The van der Waals surface area contributed by atoms with Crippen molar-refractivity contribution in [1.29, 1.82) is 0 Å². The maximum absolute atomic E-state index is 10.5. The summed E-state index contributed by atoms with van der Waals surface area (Å²) in [6, 6.07) is 0.0992. The molecule has 0 spiro atoms. The maximum atomic E-state index is 10.5. The number of hydrogen-bond donors (Lipinski definition) is 1. The van der Waals surface area contributed by atoms with Crippen molar-refractivity contribution < 1.29 is 8.42 Å². The molecule has 0 amide bonds. The van der Waals surface area contributed by atoms with Crippen LogP contribution in [0.1, 0.15) is 26.2 Å². The van der Waals surface area contributed by atoms with Crippen LogP contribution in [0.25, 0.3) is 0 Å². The highest BCUT2D eigenvalue weighted by molar-refractivity contribution is 7.73. The van der Waals surface area contributed by atoms with Crippen molar-refractivity contribution in [2.45, 2.75) is 32.2 Å². The van der Waals surface area contributed by atoms with Crippen molar-refractivity contribution in [3.05, 3.63) is 0 Å². The number of hydrogen-bond acceptors (Lipinski definition) is 3. The molecule has 0 saturated carbocycles. The first kappa shape index (κ1) is 8.74. The SMILES string of the molecule is CC(C1CCCCN1)=S(=O)=O. The molecule has 0 aromatic carbocycles. The fraction of sp³-hybridized carbons (Fsp3) is 0.857. The van der Waals surface area contributed by atoms with Gasteiger partial charge >= 0.3 is 0 Å². The van der Waals surface area contributed by atoms with E-state index in [-0.39, 0.29) is 6.04 Å². The zero-order valence-electron chi connectivity index (χ0n) is 6.63. The Morgan fingerprint density at radius 2 is 2.18 bits per heavy atom. The molecular formula is C7H13NO2S. The average molecular weight is 175 g/mol. The zero-order valence-corrected chi connectivity index (χ0v) is 7.45. The molecule has 1 unspecified atom stereocenters. The van der Waals surface area contributed by atoms with E-state index in [4.69, 9.17) is 0 Å². The van der Waals surface area contributed by atoms with Gasteiger partial charge < -0.3 is 5.32 Å². The Hall–Kier alpha value is -0.350. The molecule has 1 saturated heterocycles. The van der Waals surface area contributed by atoms with Crippen molar-refractivity contribution >= 4 is 15.2 Å². The second kappa shape index (κ2) is 3.88. The lowest BCUT2D eigenvalue weighted by Crippen LogP contribution is -2.39. The second-order valence-electron chi connectivity index (χ2n) is 2.85. The minimum Gasteiger partial charge on any atom is -0.309 e. The van der Waals surface area contributed by atoms with Crippen LogP contribution in [0.3, 0.4) is 0 Å². The normalized spacial score (nSPS) is 24.6. The highest BCUT2D eigenvalue weighted by atomic mass is 32.2. The molecule has 0 aliphatic carbocycles. The summed E-state index contributed by atoms with van der Waals surface area (Å²) in [6.07, 6.45) is 3.25. The Balaban J connectivity index is 2.67. The molecule has 1 fully saturated rings. The molecule has 0 radical (unpaired) electrons. The van der Waals surface area contributed by atoms with Crippen LogP contribution in [0.5, 0.6) is 0 Å². The third kappa shape index (κ3) is 2.31. The molecule has 1 N–H and O–H groups in total. The molecular weight excluding hydrogens is 162 g/mol. The van der Waals surface area contributed by atoms with Crippen LogP contribution in [0, 0.1) is 0 Å². The maximum Gasteiger partial charge on any atom is 0.214 e. The van der Waals surface area contributed by atoms with Crippen molar-refractivity contribution in [1.82, 2.24) is 5.32 Å². The molecule has 0 aromatic heterocycles. The minimum atomic E-state index is -2.00. The molecule has 64 valence electrons. The van der Waals surface area contributed by atoms with Gasteiger partial charge in [0, 0.05) is 6.04 Å². The van der Waals surface area contributed by atoms with Gasteiger partial charge in [0.25, 0.3) is 0 Å². The average Bonchev–Trinajstić information content (AvgIpc) is 2.05. The summed E-state index contributed by atoms with van der Waals surface area (Å²) in [5.41, 5.74) is 0. The monoisotopic (exact) mass is 175 g/mol. The third-order valence-electron chi connectivity index (χ3n) is 2.06. The van der Waals surface area contributed by atoms with Gasteiger partial charge in [-0.1, -0.05) is 6.42 Å². The van der Waals surface area contributed by atoms with Gasteiger partial charge in [0.15, 0.2) is 0 Å². The minimum absolute atomic E-state index is 0.0992. The van der Waals surface area contributed by atoms with Gasteiger partial charge in [-0.05, 0) is 26.3 Å². The highest BCUT2D eigenvalue weighted by Gasteiger charge is 2.15. The molecule has 1 aliphatic rings. The number of nitrogens with one attached hydrogen (secondary N) is 1. The quantitative estimate of drug-likeness (QED) is 0.579. The summed E-state index contributed by atoms with van der Waals surface area (Å²) >= 11 is 0. The first-order chi connectivity index (χ1) is 5.22. The van der Waals surface area contributed by atoms with Crippen LogP contribution in [0.4, 0.5) is 0 Å². The first-order valence-electron chi connectivity index (χ1n) is 3.88. The molecule has 0 bridgehead atoms. The predicted octanol–water partition coefficient (Wildman–Crippen LogP) is 0.200. The Labute approximate surface area is 68.3 Å². The fourth-order valence-electron chi connectivity index (χ4n) is 1.31. The molecule has 0 aromatic rings. The van der Waals surface area contributed by atoms with E-state index >= 15 is 0 Å². The van der Waals surface area contributed by atoms with Gasteiger partial charge in [-0.2, -0.15) is 8.42 Å². The summed E-state index contributed by atoms with van der Waals surface area (Å²) in [7, 11) is -2.00. The van der Waals surface area contributed by atoms with Crippen molar-refractivity contribution in [2.24, 2.45) is 0 Å². The van der Waals surface area contributed by atoms with Gasteiger partial charge in [0.05, 0.1) is 4.86 Å². The predicted molar refractivity (Wildman–Crippen MR) is 45.2 cm³/mol. The van der Waals surface area contributed by atoms with E-state index in [1.807, 2.05) is 0 Å². The largest absolute Gasteiger partial charge is 0.309 e. The van der Waals surface area contributed by atoms with E-state index in [2.05, 4.69) is 5.32 Å². The summed E-state index contributed by atoms with van der Waals surface area (Å²) in [5, 5.41) is 3.17. The van der Waals surface area contributed by atoms with Crippen LogP contribution in [-0.4, -0.2) is 25.9 Å². The Morgan fingerprint density at radius 1 is 1.45 bits per heavy atom. The van der Waals surface area contributed by atoms with Crippen molar-refractivity contribution in [3.63, 3.8) is 0 Å². The van der Waals surface area contributed by atoms with Gasteiger partial charge in [-0.3, -0.25) is 0 Å². The molecule has 1 rings (SSSR count). The second-order valence-corrected chi connectivity index (χ2v) is 3.96. The smallest absolute Gasteiger partial charge is 0.214 e. The molecule has 1 aliphatic heterocycles. The number of piperidine rings is 1. The Bertz CT molecular complexity index is 242. The summed E-state index contributed by atoms with van der Waals surface area (Å²) in [4.78, 5) is 0.546. The van der Waals surface area contributed by atoms with Crippen LogP contribution in [0.15, 0.2) is 0 Å². The summed E-state index contributed by atoms with van der Waals surface area (Å²) < 4.78 is 21.0. The third-order valence-corrected chi connectivity index (χ3v) is 2.87. The first-order valence-corrected chi connectivity index (χ1v) is 4.95. The van der Waals surface area contributed by atoms with Crippen LogP contribution in [-0.2, 0) is 10.3 Å². The van der Waals surface area contributed by atoms with Crippen molar-refractivity contribution in [3.8, 4) is 0 Å². The molecule has 1 atom stereocenters. The van der Waals surface area contributed by atoms with E-state index in [0.717, 1.165) is 25.8 Å². The lowest BCUT2D eigenvalue weighted by molar-refractivity contribution is 0.473. The summed E-state index contributed by atoms with van der Waals surface area (Å²) in [6.45, 7) is 2.62. The van der Waals surface area contributed by atoms with Gasteiger partial charge in [0.1, 0.15) is 0 Å². The molecule has 11 heavy (non-hydrogen) atoms. The van der Waals surface area contributed by atoms with Crippen LogP contribution < -0.4 is 5.32 Å². The standard InChI is InChI=1S/C7H13NO2S/c1-6(11(9)10)7-4-2-3-5-8-7/h7-8H,2-5H2,1H3.